The Morgan fingerprint density at radius 2 is 1.00 bits per heavy atom. The van der Waals surface area contributed by atoms with Crippen molar-refractivity contribution in [3.05, 3.63) is 120 Å². The first-order valence-corrected chi connectivity index (χ1v) is 10.8. The van der Waals surface area contributed by atoms with Crippen molar-refractivity contribution in [2.45, 2.75) is 0 Å². The van der Waals surface area contributed by atoms with E-state index < -0.39 is 0 Å². The van der Waals surface area contributed by atoms with Crippen molar-refractivity contribution in [1.29, 1.82) is 0 Å². The third kappa shape index (κ3) is 3.17. The topological polar surface area (TPSA) is 0 Å². The summed E-state index contributed by atoms with van der Waals surface area (Å²) in [4.78, 5) is 0. The molecule has 0 atom stereocenters. The average Bonchev–Trinajstić information content (AvgIpc) is 2.83. The first-order valence-electron chi connectivity index (χ1n) is 10.5. The Hall–Kier alpha value is -3.61. The highest BCUT2D eigenvalue weighted by molar-refractivity contribution is 6.31. The van der Waals surface area contributed by atoms with E-state index in [0.29, 0.717) is 0 Å². The maximum absolute atomic E-state index is 6.45. The lowest BCUT2D eigenvalue weighted by Gasteiger charge is -2.13. The predicted molar refractivity (Wildman–Crippen MR) is 135 cm³/mol. The van der Waals surface area contributed by atoms with Crippen LogP contribution in [0, 0.1) is 0 Å². The fourth-order valence-electron chi connectivity index (χ4n) is 4.53. The molecule has 0 unspecified atom stereocenters. The largest absolute Gasteiger partial charge is 0.0843 e. The van der Waals surface area contributed by atoms with Gasteiger partial charge < -0.3 is 0 Å². The minimum absolute atomic E-state index is 0.748. The summed E-state index contributed by atoms with van der Waals surface area (Å²) < 4.78 is 0. The van der Waals surface area contributed by atoms with Gasteiger partial charge in [-0.1, -0.05) is 103 Å². The quantitative estimate of drug-likeness (QED) is 0.248. The van der Waals surface area contributed by atoms with Crippen molar-refractivity contribution >= 4 is 43.9 Å². The van der Waals surface area contributed by atoms with Gasteiger partial charge in [-0.2, -0.15) is 0 Å². The van der Waals surface area contributed by atoms with E-state index in [2.05, 4.69) is 109 Å². The molecule has 6 rings (SSSR count). The first kappa shape index (κ1) is 18.2. The second-order valence-electron chi connectivity index (χ2n) is 7.97. The van der Waals surface area contributed by atoms with Gasteiger partial charge in [0.15, 0.2) is 0 Å². The number of fused-ring (bicyclic) bond motifs is 4. The zero-order valence-electron chi connectivity index (χ0n) is 16.8. The average molecular weight is 415 g/mol. The lowest BCUT2D eigenvalue weighted by Crippen LogP contribution is -1.87. The molecule has 0 aromatic heterocycles. The van der Waals surface area contributed by atoms with Gasteiger partial charge in [-0.25, -0.2) is 0 Å². The van der Waals surface area contributed by atoms with Crippen LogP contribution in [-0.4, -0.2) is 0 Å². The van der Waals surface area contributed by atoms with Crippen molar-refractivity contribution in [3.63, 3.8) is 0 Å². The second kappa shape index (κ2) is 7.27. The zero-order chi connectivity index (χ0) is 20.8. The fourth-order valence-corrected chi connectivity index (χ4v) is 4.71. The van der Waals surface area contributed by atoms with E-state index in [-0.39, 0.29) is 0 Å². The summed E-state index contributed by atoms with van der Waals surface area (Å²) in [5.41, 5.74) is 4.71. The molecule has 0 bridgehead atoms. The highest BCUT2D eigenvalue weighted by Crippen LogP contribution is 2.37. The molecule has 6 aromatic carbocycles. The summed E-state index contributed by atoms with van der Waals surface area (Å²) in [5, 5.41) is 8.29. The molecule has 0 N–H and O–H groups in total. The summed E-state index contributed by atoms with van der Waals surface area (Å²) in [6.45, 7) is 0. The van der Waals surface area contributed by atoms with Crippen LogP contribution in [-0.2, 0) is 0 Å². The highest BCUT2D eigenvalue weighted by Gasteiger charge is 2.11. The molecule has 6 aromatic rings. The second-order valence-corrected chi connectivity index (χ2v) is 8.41. The number of rotatable bonds is 2. The summed E-state index contributed by atoms with van der Waals surface area (Å²) >= 11 is 6.45. The van der Waals surface area contributed by atoms with Gasteiger partial charge in [-0.3, -0.25) is 0 Å². The van der Waals surface area contributed by atoms with Crippen LogP contribution in [0.3, 0.4) is 0 Å². The molecule has 0 fully saturated rings. The summed E-state index contributed by atoms with van der Waals surface area (Å²) in [5.74, 6) is 0. The van der Waals surface area contributed by atoms with Crippen molar-refractivity contribution in [2.24, 2.45) is 0 Å². The molecule has 1 heteroatoms. The van der Waals surface area contributed by atoms with E-state index in [1.54, 1.807) is 0 Å². The molecule has 0 heterocycles. The van der Waals surface area contributed by atoms with Crippen molar-refractivity contribution in [1.82, 2.24) is 0 Å². The lowest BCUT2D eigenvalue weighted by molar-refractivity contribution is 1.61. The molecule has 31 heavy (non-hydrogen) atoms. The van der Waals surface area contributed by atoms with Crippen LogP contribution in [0.15, 0.2) is 115 Å². The first-order chi connectivity index (χ1) is 15.3. The normalized spacial score (nSPS) is 11.4. The Bertz CT molecular complexity index is 1590. The Labute approximate surface area is 186 Å². The number of benzene rings is 6. The molecule has 0 saturated heterocycles. The Morgan fingerprint density at radius 1 is 0.387 bits per heavy atom. The van der Waals surface area contributed by atoms with Gasteiger partial charge in [0, 0.05) is 5.02 Å². The SMILES string of the molecule is Clc1ccc(-c2ccc3ccc4ccccc4c3c2)c(-c2ccc3ccccc3c2)c1. The van der Waals surface area contributed by atoms with Gasteiger partial charge in [0.25, 0.3) is 0 Å². The lowest BCUT2D eigenvalue weighted by atomic mass is 9.91. The Morgan fingerprint density at radius 3 is 1.84 bits per heavy atom. The number of halogens is 1. The van der Waals surface area contributed by atoms with Crippen LogP contribution in [0.25, 0.3) is 54.6 Å². The summed E-state index contributed by atoms with van der Waals surface area (Å²) in [6, 6.07) is 41.0. The smallest absolute Gasteiger partial charge is 0.0412 e. The van der Waals surface area contributed by atoms with Crippen LogP contribution in [0.5, 0.6) is 0 Å². The molecule has 0 aliphatic rings. The summed E-state index contributed by atoms with van der Waals surface area (Å²) in [7, 11) is 0. The van der Waals surface area contributed by atoms with Gasteiger partial charge in [0.05, 0.1) is 0 Å². The number of hydrogen-bond acceptors (Lipinski definition) is 0. The van der Waals surface area contributed by atoms with Gasteiger partial charge in [-0.05, 0) is 78.8 Å². The minimum atomic E-state index is 0.748. The molecule has 0 saturated carbocycles. The summed E-state index contributed by atoms with van der Waals surface area (Å²) in [6.07, 6.45) is 0. The highest BCUT2D eigenvalue weighted by atomic mass is 35.5. The van der Waals surface area contributed by atoms with Gasteiger partial charge >= 0.3 is 0 Å². The van der Waals surface area contributed by atoms with Gasteiger partial charge in [0.2, 0.25) is 0 Å². The molecule has 0 amide bonds. The van der Waals surface area contributed by atoms with E-state index in [1.165, 1.54) is 49.0 Å². The molecule has 0 aliphatic carbocycles. The van der Waals surface area contributed by atoms with Crippen molar-refractivity contribution in [3.8, 4) is 22.3 Å². The monoisotopic (exact) mass is 414 g/mol. The van der Waals surface area contributed by atoms with Crippen molar-refractivity contribution < 1.29 is 0 Å². The molecular weight excluding hydrogens is 396 g/mol. The third-order valence-corrected chi connectivity index (χ3v) is 6.33. The van der Waals surface area contributed by atoms with Crippen LogP contribution >= 0.6 is 11.6 Å². The van der Waals surface area contributed by atoms with Gasteiger partial charge in [0.1, 0.15) is 0 Å². The van der Waals surface area contributed by atoms with E-state index in [4.69, 9.17) is 11.6 Å². The molecule has 146 valence electrons. The zero-order valence-corrected chi connectivity index (χ0v) is 17.6. The van der Waals surface area contributed by atoms with E-state index >= 15 is 0 Å². The number of hydrogen-bond donors (Lipinski definition) is 0. The van der Waals surface area contributed by atoms with E-state index in [9.17, 15) is 0 Å². The molecule has 0 nitrogen and oxygen atoms in total. The van der Waals surface area contributed by atoms with Crippen LogP contribution in [0.1, 0.15) is 0 Å². The molecular formula is C30H19Cl. The van der Waals surface area contributed by atoms with Gasteiger partial charge in [-0.15, -0.1) is 0 Å². The maximum atomic E-state index is 6.45. The van der Waals surface area contributed by atoms with E-state index in [1.807, 2.05) is 6.07 Å². The van der Waals surface area contributed by atoms with E-state index in [0.717, 1.165) is 10.6 Å². The molecule has 0 aliphatic heterocycles. The third-order valence-electron chi connectivity index (χ3n) is 6.10. The molecule has 0 spiro atoms. The standard InChI is InChI=1S/C30H19Cl/c31-26-15-16-28(30(19-26)24-13-9-20-5-1-2-7-23(20)17-24)25-14-12-22-11-10-21-6-3-4-8-27(21)29(22)18-25/h1-19H. The maximum Gasteiger partial charge on any atom is 0.0412 e. The Balaban J connectivity index is 1.59. The molecule has 0 radical (unpaired) electrons. The van der Waals surface area contributed by atoms with Crippen LogP contribution < -0.4 is 0 Å². The van der Waals surface area contributed by atoms with Crippen LogP contribution in [0.4, 0.5) is 0 Å². The predicted octanol–water partition coefficient (Wildman–Crippen LogP) is 9.13. The minimum Gasteiger partial charge on any atom is -0.0843 e. The van der Waals surface area contributed by atoms with Crippen molar-refractivity contribution in [2.75, 3.05) is 0 Å². The Kier molecular flexibility index (Phi) is 4.26. The van der Waals surface area contributed by atoms with Crippen LogP contribution in [0.2, 0.25) is 5.02 Å². The fraction of sp³-hybridized carbons (Fsp3) is 0.